The van der Waals surface area contributed by atoms with Crippen molar-refractivity contribution >= 4 is 11.8 Å². The van der Waals surface area contributed by atoms with Crippen molar-refractivity contribution in [2.45, 2.75) is 32.6 Å². The Morgan fingerprint density at radius 1 is 1.37 bits per heavy atom. The zero-order chi connectivity index (χ0) is 13.5. The molecule has 3 nitrogen and oxygen atoms in total. The van der Waals surface area contributed by atoms with Crippen molar-refractivity contribution in [3.63, 3.8) is 0 Å². The van der Waals surface area contributed by atoms with E-state index in [1.54, 1.807) is 0 Å². The van der Waals surface area contributed by atoms with Crippen LogP contribution in [-0.2, 0) is 0 Å². The second-order valence-electron chi connectivity index (χ2n) is 4.64. The molecule has 2 rings (SSSR count). The van der Waals surface area contributed by atoms with Gasteiger partial charge in [0.2, 0.25) is 0 Å². The van der Waals surface area contributed by atoms with Gasteiger partial charge in [-0.1, -0.05) is 35.5 Å². The van der Waals surface area contributed by atoms with Crippen LogP contribution in [-0.4, -0.2) is 0 Å². The fourth-order valence-corrected chi connectivity index (χ4v) is 2.21. The van der Waals surface area contributed by atoms with E-state index >= 15 is 0 Å². The molecule has 0 saturated carbocycles. The van der Waals surface area contributed by atoms with E-state index in [-0.39, 0.29) is 0 Å². The monoisotopic (exact) mass is 251 g/mol. The summed E-state index contributed by atoms with van der Waals surface area (Å²) < 4.78 is 0. The maximum atomic E-state index is 8.54. The number of azide groups is 1. The van der Waals surface area contributed by atoms with Gasteiger partial charge in [0.15, 0.2) is 0 Å². The first-order valence-electron chi connectivity index (χ1n) is 6.58. The van der Waals surface area contributed by atoms with Gasteiger partial charge in [0.25, 0.3) is 0 Å². The lowest BCUT2D eigenvalue weighted by atomic mass is 9.95. The molecule has 0 N–H and O–H groups in total. The number of hydrogen-bond acceptors (Lipinski definition) is 1. The Bertz CT molecular complexity index is 598. The molecule has 1 aliphatic rings. The third-order valence-corrected chi connectivity index (χ3v) is 3.31. The third kappa shape index (κ3) is 3.62. The largest absolute Gasteiger partial charge is 0.117 e. The highest BCUT2D eigenvalue weighted by molar-refractivity contribution is 5.64. The first kappa shape index (κ1) is 13.2. The van der Waals surface area contributed by atoms with Gasteiger partial charge in [0.1, 0.15) is 0 Å². The van der Waals surface area contributed by atoms with Crippen LogP contribution in [0.4, 0.5) is 5.69 Å². The molecule has 96 valence electrons. The van der Waals surface area contributed by atoms with Crippen molar-refractivity contribution in [1.82, 2.24) is 0 Å². The van der Waals surface area contributed by atoms with E-state index in [1.807, 2.05) is 30.3 Å². The maximum Gasteiger partial charge on any atom is 0.0453 e. The zero-order valence-electron chi connectivity index (χ0n) is 11.1. The van der Waals surface area contributed by atoms with Gasteiger partial charge in [-0.05, 0) is 60.9 Å². The molecule has 19 heavy (non-hydrogen) atoms. The van der Waals surface area contributed by atoms with E-state index in [2.05, 4.69) is 28.8 Å². The highest BCUT2D eigenvalue weighted by Crippen LogP contribution is 2.24. The molecule has 0 amide bonds. The smallest absolute Gasteiger partial charge is 0.0453 e. The summed E-state index contributed by atoms with van der Waals surface area (Å²) in [6.07, 6.45) is 9.07. The molecule has 0 unspecified atom stereocenters. The summed E-state index contributed by atoms with van der Waals surface area (Å²) >= 11 is 0. The Hall–Kier alpha value is -2.21. The molecule has 1 aromatic rings. The van der Waals surface area contributed by atoms with Crippen molar-refractivity contribution in [2.24, 2.45) is 5.11 Å². The van der Waals surface area contributed by atoms with Crippen LogP contribution in [0.3, 0.4) is 0 Å². The van der Waals surface area contributed by atoms with Crippen LogP contribution in [0, 0.1) is 0 Å². The lowest BCUT2D eigenvalue weighted by Crippen LogP contribution is -1.92. The van der Waals surface area contributed by atoms with Gasteiger partial charge < -0.3 is 0 Å². The van der Waals surface area contributed by atoms with Crippen LogP contribution in [0.25, 0.3) is 16.5 Å². The molecule has 0 bridgehead atoms. The molecule has 1 aromatic carbocycles. The van der Waals surface area contributed by atoms with Crippen LogP contribution >= 0.6 is 0 Å². The SMILES string of the molecule is CC(=C=Cc1ccccc1N=[N+]=[N-])C1=CCCCC1. The third-order valence-electron chi connectivity index (χ3n) is 3.31. The van der Waals surface area contributed by atoms with Crippen LogP contribution < -0.4 is 0 Å². The van der Waals surface area contributed by atoms with Crippen LogP contribution in [0.5, 0.6) is 0 Å². The molecule has 0 radical (unpaired) electrons. The molecule has 0 atom stereocenters. The minimum atomic E-state index is 0.642. The van der Waals surface area contributed by atoms with Gasteiger partial charge in [-0.2, -0.15) is 0 Å². The molecule has 0 spiro atoms. The lowest BCUT2D eigenvalue weighted by molar-refractivity contribution is 0.706. The van der Waals surface area contributed by atoms with Gasteiger partial charge in [-0.15, -0.1) is 5.73 Å². The van der Waals surface area contributed by atoms with Gasteiger partial charge in [0, 0.05) is 10.6 Å². The Morgan fingerprint density at radius 2 is 2.21 bits per heavy atom. The fourth-order valence-electron chi connectivity index (χ4n) is 2.21. The molecule has 0 aromatic heterocycles. The van der Waals surface area contributed by atoms with Gasteiger partial charge in [0.05, 0.1) is 0 Å². The summed E-state index contributed by atoms with van der Waals surface area (Å²) in [5.74, 6) is 0. The summed E-state index contributed by atoms with van der Waals surface area (Å²) in [5.41, 5.74) is 16.0. The van der Waals surface area contributed by atoms with Crippen molar-refractivity contribution < 1.29 is 0 Å². The maximum absolute atomic E-state index is 8.54. The number of nitrogens with zero attached hydrogens (tertiary/aromatic N) is 3. The Balaban J connectivity index is 2.31. The van der Waals surface area contributed by atoms with E-state index in [0.29, 0.717) is 5.69 Å². The summed E-state index contributed by atoms with van der Waals surface area (Å²) in [6.45, 7) is 2.09. The van der Waals surface area contributed by atoms with Gasteiger partial charge >= 0.3 is 0 Å². The van der Waals surface area contributed by atoms with Crippen LogP contribution in [0.1, 0.15) is 38.2 Å². The second-order valence-corrected chi connectivity index (χ2v) is 4.64. The molecule has 0 fully saturated rings. The normalized spacial score (nSPS) is 13.8. The molecule has 0 heterocycles. The highest BCUT2D eigenvalue weighted by Gasteiger charge is 2.04. The van der Waals surface area contributed by atoms with Crippen molar-refractivity contribution in [3.8, 4) is 0 Å². The topological polar surface area (TPSA) is 48.8 Å². The molecule has 0 aliphatic heterocycles. The van der Waals surface area contributed by atoms with E-state index in [1.165, 1.54) is 30.4 Å². The first-order valence-corrected chi connectivity index (χ1v) is 6.58. The van der Waals surface area contributed by atoms with Crippen LogP contribution in [0.15, 0.2) is 52.3 Å². The minimum Gasteiger partial charge on any atom is -0.117 e. The number of rotatable bonds is 3. The van der Waals surface area contributed by atoms with Crippen molar-refractivity contribution in [3.05, 3.63) is 63.2 Å². The van der Waals surface area contributed by atoms with E-state index < -0.39 is 0 Å². The summed E-state index contributed by atoms with van der Waals surface area (Å²) in [5, 5.41) is 3.68. The minimum absolute atomic E-state index is 0.642. The predicted molar refractivity (Wildman–Crippen MR) is 79.0 cm³/mol. The molecular formula is C16H17N3. The molecule has 3 heteroatoms. The van der Waals surface area contributed by atoms with Gasteiger partial charge in [-0.3, -0.25) is 0 Å². The first-order chi connectivity index (χ1) is 9.31. The Labute approximate surface area is 113 Å². The average Bonchev–Trinajstić information content (AvgIpc) is 2.47. The van der Waals surface area contributed by atoms with E-state index in [0.717, 1.165) is 12.0 Å². The second kappa shape index (κ2) is 6.65. The zero-order valence-corrected chi connectivity index (χ0v) is 11.1. The Morgan fingerprint density at radius 3 is 2.95 bits per heavy atom. The van der Waals surface area contributed by atoms with E-state index in [4.69, 9.17) is 5.53 Å². The van der Waals surface area contributed by atoms with Gasteiger partial charge in [-0.25, -0.2) is 0 Å². The lowest BCUT2D eigenvalue weighted by Gasteiger charge is -2.11. The predicted octanol–water partition coefficient (Wildman–Crippen LogP) is 5.69. The molecule has 0 saturated heterocycles. The summed E-state index contributed by atoms with van der Waals surface area (Å²) in [7, 11) is 0. The van der Waals surface area contributed by atoms with Crippen molar-refractivity contribution in [2.75, 3.05) is 0 Å². The van der Waals surface area contributed by atoms with E-state index in [9.17, 15) is 0 Å². The fraction of sp³-hybridized carbons (Fsp3) is 0.312. The quantitative estimate of drug-likeness (QED) is 0.287. The summed E-state index contributed by atoms with van der Waals surface area (Å²) in [4.78, 5) is 2.84. The molecule has 1 aliphatic carbocycles. The van der Waals surface area contributed by atoms with Crippen molar-refractivity contribution in [1.29, 1.82) is 0 Å². The number of benzene rings is 1. The summed E-state index contributed by atoms with van der Waals surface area (Å²) in [6, 6.07) is 7.53. The standard InChI is InChI=1S/C16H17N3/c1-13(14-7-3-2-4-8-14)11-12-15-9-5-6-10-16(15)18-19-17/h5-7,9-10,12H,2-4,8H2,1H3. The molecular weight excluding hydrogens is 234 g/mol. The van der Waals surface area contributed by atoms with Crippen LogP contribution in [0.2, 0.25) is 0 Å². The number of hydrogen-bond donors (Lipinski definition) is 0. The highest BCUT2D eigenvalue weighted by atomic mass is 15.1. The number of allylic oxidation sites excluding steroid dienone is 3. The Kier molecular flexibility index (Phi) is 4.63. The average molecular weight is 251 g/mol.